The van der Waals surface area contributed by atoms with Gasteiger partial charge in [-0.15, -0.1) is 0 Å². The van der Waals surface area contributed by atoms with Crippen LogP contribution in [-0.4, -0.2) is 30.2 Å². The fraction of sp³-hybridized carbons (Fsp3) is 1.00. The lowest BCUT2D eigenvalue weighted by molar-refractivity contribution is -0.0498. The van der Waals surface area contributed by atoms with E-state index in [1.807, 2.05) is 0 Å². The van der Waals surface area contributed by atoms with Gasteiger partial charge in [0.25, 0.3) is 5.92 Å². The number of nitrogens with one attached hydrogen (secondary N) is 1. The molecule has 1 aliphatic rings. The summed E-state index contributed by atoms with van der Waals surface area (Å²) in [5.74, 6) is -2.49. The molecule has 2 atom stereocenters. The Morgan fingerprint density at radius 2 is 2.15 bits per heavy atom. The normalized spacial score (nSPS) is 29.5. The van der Waals surface area contributed by atoms with Crippen LogP contribution in [0, 0.1) is 5.92 Å². The maximum atomic E-state index is 12.6. The zero-order valence-electron chi connectivity index (χ0n) is 7.89. The molecule has 1 fully saturated rings. The van der Waals surface area contributed by atoms with Gasteiger partial charge in [0.15, 0.2) is 0 Å². The van der Waals surface area contributed by atoms with Crippen LogP contribution in [-0.2, 0) is 0 Å². The molecule has 0 spiro atoms. The molecule has 1 aliphatic carbocycles. The van der Waals surface area contributed by atoms with Crippen LogP contribution in [0.15, 0.2) is 0 Å². The van der Waals surface area contributed by atoms with Gasteiger partial charge in [-0.2, -0.15) is 0 Å². The molecular formula is C9H17F2NO. The summed E-state index contributed by atoms with van der Waals surface area (Å²) in [6, 6.07) is 0.206. The van der Waals surface area contributed by atoms with Gasteiger partial charge in [-0.05, 0) is 18.8 Å². The Kier molecular flexibility index (Phi) is 3.62. The van der Waals surface area contributed by atoms with Crippen molar-refractivity contribution in [2.75, 3.05) is 13.2 Å². The van der Waals surface area contributed by atoms with E-state index in [0.29, 0.717) is 5.92 Å². The summed E-state index contributed by atoms with van der Waals surface area (Å²) in [4.78, 5) is 0. The van der Waals surface area contributed by atoms with Crippen LogP contribution in [0.5, 0.6) is 0 Å². The van der Waals surface area contributed by atoms with E-state index in [0.717, 1.165) is 19.3 Å². The molecule has 1 rings (SSSR count). The van der Waals surface area contributed by atoms with Crippen molar-refractivity contribution < 1.29 is 13.9 Å². The molecule has 13 heavy (non-hydrogen) atoms. The predicted molar refractivity (Wildman–Crippen MR) is 46.8 cm³/mol. The molecule has 0 aromatic rings. The molecule has 0 bridgehead atoms. The molecular weight excluding hydrogens is 176 g/mol. The number of alkyl halides is 2. The van der Waals surface area contributed by atoms with E-state index >= 15 is 0 Å². The number of halogens is 2. The average Bonchev–Trinajstić information content (AvgIpc) is 2.48. The highest BCUT2D eigenvalue weighted by molar-refractivity contribution is 4.82. The third-order valence-corrected chi connectivity index (χ3v) is 2.72. The van der Waals surface area contributed by atoms with E-state index in [1.165, 1.54) is 0 Å². The third kappa shape index (κ3) is 3.19. The van der Waals surface area contributed by atoms with E-state index in [2.05, 4.69) is 12.2 Å². The highest BCUT2D eigenvalue weighted by atomic mass is 19.3. The fourth-order valence-electron chi connectivity index (χ4n) is 1.79. The van der Waals surface area contributed by atoms with Crippen LogP contribution in [0.4, 0.5) is 8.78 Å². The molecule has 2 unspecified atom stereocenters. The van der Waals surface area contributed by atoms with Crippen molar-refractivity contribution >= 4 is 0 Å². The van der Waals surface area contributed by atoms with E-state index in [4.69, 9.17) is 5.11 Å². The Labute approximate surface area is 77.3 Å². The van der Waals surface area contributed by atoms with Gasteiger partial charge in [-0.25, -0.2) is 8.78 Å². The maximum Gasteiger partial charge on any atom is 0.282 e. The summed E-state index contributed by atoms with van der Waals surface area (Å²) < 4.78 is 25.2. The van der Waals surface area contributed by atoms with Crippen molar-refractivity contribution in [3.8, 4) is 0 Å². The van der Waals surface area contributed by atoms with Crippen LogP contribution in [0.3, 0.4) is 0 Å². The summed E-state index contributed by atoms with van der Waals surface area (Å²) in [6.45, 7) is 0.599. The number of rotatable bonds is 4. The standard InChI is InChI=1S/C9H17F2NO/c1-7-3-2-4-8(7)12-5-9(10,11)6-13/h7-8,12-13H,2-6H2,1H3. The van der Waals surface area contributed by atoms with Gasteiger partial charge < -0.3 is 10.4 Å². The van der Waals surface area contributed by atoms with Crippen molar-refractivity contribution in [2.24, 2.45) is 5.92 Å². The van der Waals surface area contributed by atoms with Gasteiger partial charge in [0.05, 0.1) is 6.54 Å². The topological polar surface area (TPSA) is 32.3 Å². The first kappa shape index (κ1) is 10.9. The minimum Gasteiger partial charge on any atom is -0.390 e. The average molecular weight is 193 g/mol. The molecule has 2 nitrogen and oxygen atoms in total. The van der Waals surface area contributed by atoms with Crippen molar-refractivity contribution in [1.29, 1.82) is 0 Å². The first-order valence-electron chi connectivity index (χ1n) is 4.77. The molecule has 1 saturated carbocycles. The smallest absolute Gasteiger partial charge is 0.282 e. The first-order valence-corrected chi connectivity index (χ1v) is 4.77. The minimum absolute atomic E-state index is 0.206. The number of aliphatic hydroxyl groups is 1. The molecule has 0 saturated heterocycles. The molecule has 2 N–H and O–H groups in total. The SMILES string of the molecule is CC1CCCC1NCC(F)(F)CO. The van der Waals surface area contributed by atoms with Crippen molar-refractivity contribution in [3.05, 3.63) is 0 Å². The Morgan fingerprint density at radius 1 is 1.46 bits per heavy atom. The summed E-state index contributed by atoms with van der Waals surface area (Å²) in [7, 11) is 0. The summed E-state index contributed by atoms with van der Waals surface area (Å²) in [5, 5.41) is 11.2. The molecule has 4 heteroatoms. The molecule has 0 aromatic heterocycles. The lowest BCUT2D eigenvalue weighted by Crippen LogP contribution is -2.42. The third-order valence-electron chi connectivity index (χ3n) is 2.72. The van der Waals surface area contributed by atoms with Gasteiger partial charge >= 0.3 is 0 Å². The summed E-state index contributed by atoms with van der Waals surface area (Å²) in [5.41, 5.74) is 0. The molecule has 0 heterocycles. The molecule has 78 valence electrons. The van der Waals surface area contributed by atoms with Gasteiger partial charge in [0.2, 0.25) is 0 Å². The molecule has 0 aliphatic heterocycles. The zero-order valence-corrected chi connectivity index (χ0v) is 7.89. The van der Waals surface area contributed by atoms with E-state index in [-0.39, 0.29) is 6.04 Å². The quantitative estimate of drug-likeness (QED) is 0.707. The monoisotopic (exact) mass is 193 g/mol. The van der Waals surface area contributed by atoms with Gasteiger partial charge in [-0.1, -0.05) is 13.3 Å². The maximum absolute atomic E-state index is 12.6. The van der Waals surface area contributed by atoms with Gasteiger partial charge in [0, 0.05) is 6.04 Å². The Balaban J connectivity index is 2.25. The fourth-order valence-corrected chi connectivity index (χ4v) is 1.79. The van der Waals surface area contributed by atoms with Crippen molar-refractivity contribution in [1.82, 2.24) is 5.32 Å². The highest BCUT2D eigenvalue weighted by Crippen LogP contribution is 2.25. The lowest BCUT2D eigenvalue weighted by Gasteiger charge is -2.21. The number of hydrogen-bond acceptors (Lipinski definition) is 2. The minimum atomic E-state index is -2.97. The largest absolute Gasteiger partial charge is 0.390 e. The van der Waals surface area contributed by atoms with E-state index in [1.54, 1.807) is 0 Å². The van der Waals surface area contributed by atoms with Crippen molar-refractivity contribution in [2.45, 2.75) is 38.2 Å². The molecule has 0 aromatic carbocycles. The van der Waals surface area contributed by atoms with Crippen LogP contribution in [0.1, 0.15) is 26.2 Å². The Morgan fingerprint density at radius 3 is 2.62 bits per heavy atom. The van der Waals surface area contributed by atoms with E-state index in [9.17, 15) is 8.78 Å². The number of hydrogen-bond donors (Lipinski definition) is 2. The zero-order chi connectivity index (χ0) is 9.90. The van der Waals surface area contributed by atoms with Crippen LogP contribution in [0.2, 0.25) is 0 Å². The van der Waals surface area contributed by atoms with Gasteiger partial charge in [0.1, 0.15) is 6.61 Å². The second kappa shape index (κ2) is 4.33. The Hall–Kier alpha value is -0.220. The number of aliphatic hydroxyl groups excluding tert-OH is 1. The molecule has 0 amide bonds. The lowest BCUT2D eigenvalue weighted by atomic mass is 10.1. The van der Waals surface area contributed by atoms with Crippen molar-refractivity contribution in [3.63, 3.8) is 0 Å². The second-order valence-electron chi connectivity index (χ2n) is 3.91. The molecule has 0 radical (unpaired) electrons. The Bertz CT molecular complexity index is 164. The van der Waals surface area contributed by atoms with Crippen LogP contribution in [0.25, 0.3) is 0 Å². The van der Waals surface area contributed by atoms with E-state index < -0.39 is 19.1 Å². The summed E-state index contributed by atoms with van der Waals surface area (Å²) >= 11 is 0. The van der Waals surface area contributed by atoms with Crippen LogP contribution >= 0.6 is 0 Å². The van der Waals surface area contributed by atoms with Crippen LogP contribution < -0.4 is 5.32 Å². The highest BCUT2D eigenvalue weighted by Gasteiger charge is 2.31. The summed E-state index contributed by atoms with van der Waals surface area (Å²) in [6.07, 6.45) is 3.20. The second-order valence-corrected chi connectivity index (χ2v) is 3.91. The first-order chi connectivity index (χ1) is 6.05. The van der Waals surface area contributed by atoms with Gasteiger partial charge in [-0.3, -0.25) is 0 Å². The predicted octanol–water partition coefficient (Wildman–Crippen LogP) is 1.39.